The van der Waals surface area contributed by atoms with Gasteiger partial charge < -0.3 is 4.74 Å². The Morgan fingerprint density at radius 1 is 0.763 bits per heavy atom. The second-order valence-electron chi connectivity index (χ2n) is 8.97. The lowest BCUT2D eigenvalue weighted by atomic mass is 9.90. The van der Waals surface area contributed by atoms with Crippen molar-refractivity contribution in [1.82, 2.24) is 0 Å². The molecule has 0 unspecified atom stereocenters. The van der Waals surface area contributed by atoms with E-state index in [1.165, 1.54) is 0 Å². The second kappa shape index (κ2) is 9.78. The quantitative estimate of drug-likeness (QED) is 0.192. The summed E-state index contributed by atoms with van der Waals surface area (Å²) >= 11 is 6.13. The van der Waals surface area contributed by atoms with Gasteiger partial charge >= 0.3 is 5.97 Å². The van der Waals surface area contributed by atoms with Crippen LogP contribution >= 0.6 is 11.6 Å². The van der Waals surface area contributed by atoms with Crippen LogP contribution in [0, 0.1) is 5.92 Å². The first-order chi connectivity index (χ1) is 18.5. The number of hydrogen-bond donors (Lipinski definition) is 0. The third-order valence-corrected chi connectivity index (χ3v) is 6.87. The molecule has 0 spiro atoms. The number of amides is 2. The maximum Gasteiger partial charge on any atom is 0.343 e. The first kappa shape index (κ1) is 23.9. The lowest BCUT2D eigenvalue weighted by molar-refractivity contribution is -0.126. The maximum atomic E-state index is 13.7. The highest BCUT2D eigenvalue weighted by Gasteiger charge is 2.60. The maximum absolute atomic E-state index is 13.7. The van der Waals surface area contributed by atoms with Crippen molar-refractivity contribution in [1.29, 1.82) is 0 Å². The third kappa shape index (κ3) is 4.22. The molecule has 2 aliphatic heterocycles. The molecule has 8 heteroatoms. The van der Waals surface area contributed by atoms with E-state index in [4.69, 9.17) is 21.2 Å². The Balaban J connectivity index is 1.33. The number of carbonyl (C=O) groups excluding carboxylic acids is 3. The fourth-order valence-electron chi connectivity index (χ4n) is 4.90. The van der Waals surface area contributed by atoms with Crippen molar-refractivity contribution in [3.05, 3.63) is 125 Å². The summed E-state index contributed by atoms with van der Waals surface area (Å²) < 4.78 is 5.51. The molecule has 0 saturated carbocycles. The average Bonchev–Trinajstić information content (AvgIpc) is 3.45. The highest BCUT2D eigenvalue weighted by atomic mass is 35.5. The van der Waals surface area contributed by atoms with Crippen LogP contribution in [-0.2, 0) is 14.4 Å². The number of rotatable bonds is 5. The molecule has 4 aromatic carbocycles. The van der Waals surface area contributed by atoms with Crippen molar-refractivity contribution in [2.45, 2.75) is 12.1 Å². The van der Waals surface area contributed by atoms with Gasteiger partial charge in [0.25, 0.3) is 5.91 Å². The van der Waals surface area contributed by atoms with Crippen molar-refractivity contribution in [3.63, 3.8) is 0 Å². The van der Waals surface area contributed by atoms with Gasteiger partial charge in [-0.2, -0.15) is 0 Å². The Labute approximate surface area is 223 Å². The number of fused-ring (bicyclic) bond motifs is 1. The van der Waals surface area contributed by atoms with E-state index in [1.807, 2.05) is 36.4 Å². The predicted molar refractivity (Wildman–Crippen MR) is 142 cm³/mol. The third-order valence-electron chi connectivity index (χ3n) is 6.63. The van der Waals surface area contributed by atoms with Gasteiger partial charge in [-0.15, -0.1) is 0 Å². The summed E-state index contributed by atoms with van der Waals surface area (Å²) in [5.41, 5.74) is 2.28. The van der Waals surface area contributed by atoms with Crippen LogP contribution in [0.25, 0.3) is 0 Å². The summed E-state index contributed by atoms with van der Waals surface area (Å²) in [5.74, 6) is -1.72. The Morgan fingerprint density at radius 2 is 1.42 bits per heavy atom. The minimum Gasteiger partial charge on any atom is -0.423 e. The molecule has 2 heterocycles. The molecule has 0 N–H and O–H groups in total. The molecule has 2 aliphatic rings. The zero-order valence-electron chi connectivity index (χ0n) is 19.9. The van der Waals surface area contributed by atoms with E-state index >= 15 is 0 Å². The molecule has 0 radical (unpaired) electrons. The largest absolute Gasteiger partial charge is 0.423 e. The van der Waals surface area contributed by atoms with Crippen molar-refractivity contribution in [3.8, 4) is 5.75 Å². The van der Waals surface area contributed by atoms with E-state index in [-0.39, 0.29) is 5.91 Å². The van der Waals surface area contributed by atoms with Crippen molar-refractivity contribution < 1.29 is 24.0 Å². The minimum absolute atomic E-state index is 0.360. The van der Waals surface area contributed by atoms with Crippen molar-refractivity contribution >= 4 is 40.8 Å². The number of esters is 1. The van der Waals surface area contributed by atoms with Crippen molar-refractivity contribution in [2.75, 3.05) is 9.96 Å². The minimum atomic E-state index is -0.998. The summed E-state index contributed by atoms with van der Waals surface area (Å²) in [6, 6.07) is 30.9. The molecule has 188 valence electrons. The van der Waals surface area contributed by atoms with Crippen LogP contribution in [-0.4, -0.2) is 23.9 Å². The molecule has 0 bridgehead atoms. The zero-order chi connectivity index (χ0) is 26.2. The summed E-state index contributed by atoms with van der Waals surface area (Å²) in [4.78, 5) is 46.9. The number of nitrogens with zero attached hydrogens (tertiary/aromatic N) is 2. The SMILES string of the molecule is O=C(Oc1ccc([C@@H]2[C@H]3C(=O)N(c4cccc(Cl)c4)C(=O)[C@H]3ON2c2ccccc2)cc1)c1ccccc1. The van der Waals surface area contributed by atoms with E-state index < -0.39 is 29.9 Å². The molecule has 0 aromatic heterocycles. The lowest BCUT2D eigenvalue weighted by Crippen LogP contribution is -2.37. The van der Waals surface area contributed by atoms with Gasteiger partial charge in [-0.3, -0.25) is 14.4 Å². The Bertz CT molecular complexity index is 1510. The van der Waals surface area contributed by atoms with Gasteiger partial charge in [0.1, 0.15) is 11.7 Å². The number of imide groups is 1. The smallest absolute Gasteiger partial charge is 0.343 e. The van der Waals surface area contributed by atoms with Gasteiger partial charge in [0, 0.05) is 5.02 Å². The van der Waals surface area contributed by atoms with Crippen LogP contribution < -0.4 is 14.7 Å². The predicted octanol–water partition coefficient (Wildman–Crippen LogP) is 5.61. The van der Waals surface area contributed by atoms with Crippen LogP contribution in [0.4, 0.5) is 11.4 Å². The average molecular weight is 525 g/mol. The molecular weight excluding hydrogens is 504 g/mol. The molecule has 3 atom stereocenters. The Morgan fingerprint density at radius 3 is 2.11 bits per heavy atom. The van der Waals surface area contributed by atoms with E-state index in [9.17, 15) is 14.4 Å². The first-order valence-corrected chi connectivity index (χ1v) is 12.4. The van der Waals surface area contributed by atoms with Gasteiger partial charge in [0.2, 0.25) is 5.91 Å². The van der Waals surface area contributed by atoms with Gasteiger partial charge in [-0.05, 0) is 60.2 Å². The number of ether oxygens (including phenoxy) is 1. The monoisotopic (exact) mass is 524 g/mol. The van der Waals surface area contributed by atoms with E-state index in [2.05, 4.69) is 0 Å². The molecule has 38 heavy (non-hydrogen) atoms. The van der Waals surface area contributed by atoms with Crippen LogP contribution in [0.5, 0.6) is 5.75 Å². The number of halogens is 1. The normalized spacial score (nSPS) is 20.5. The van der Waals surface area contributed by atoms with Crippen LogP contribution in [0.1, 0.15) is 22.0 Å². The Kier molecular flexibility index (Phi) is 6.15. The van der Waals surface area contributed by atoms with E-state index in [0.717, 1.165) is 10.5 Å². The lowest BCUT2D eigenvalue weighted by Gasteiger charge is -2.28. The van der Waals surface area contributed by atoms with Crippen molar-refractivity contribution in [2.24, 2.45) is 5.92 Å². The van der Waals surface area contributed by atoms with Crippen LogP contribution in [0.2, 0.25) is 5.02 Å². The van der Waals surface area contributed by atoms with Gasteiger partial charge in [-0.1, -0.05) is 66.2 Å². The van der Waals surface area contributed by atoms with E-state index in [1.54, 1.807) is 77.9 Å². The number of hydrogen-bond acceptors (Lipinski definition) is 6. The molecule has 2 amide bonds. The molecule has 0 aliphatic carbocycles. The van der Waals surface area contributed by atoms with Crippen LogP contribution in [0.3, 0.4) is 0 Å². The fraction of sp³-hybridized carbons (Fsp3) is 0.100. The fourth-order valence-corrected chi connectivity index (χ4v) is 5.08. The molecular formula is C30H21ClN2O5. The summed E-state index contributed by atoms with van der Waals surface area (Å²) in [5, 5.41) is 2.04. The number of anilines is 2. The number of carbonyl (C=O) groups is 3. The van der Waals surface area contributed by atoms with E-state index in [0.29, 0.717) is 27.7 Å². The topological polar surface area (TPSA) is 76.2 Å². The number of para-hydroxylation sites is 1. The molecule has 2 fully saturated rings. The van der Waals surface area contributed by atoms with Crippen LogP contribution in [0.15, 0.2) is 109 Å². The second-order valence-corrected chi connectivity index (χ2v) is 9.41. The Hall–Kier alpha value is -4.46. The first-order valence-electron chi connectivity index (χ1n) is 12.0. The van der Waals surface area contributed by atoms with Gasteiger partial charge in [0.15, 0.2) is 6.10 Å². The molecule has 4 aromatic rings. The van der Waals surface area contributed by atoms with Gasteiger partial charge in [0.05, 0.1) is 23.0 Å². The summed E-state index contributed by atoms with van der Waals surface area (Å²) in [6.07, 6.45) is -0.998. The highest BCUT2D eigenvalue weighted by molar-refractivity contribution is 6.31. The standard InChI is InChI=1S/C30H21ClN2O5/c31-21-10-7-13-23(18-21)32-28(34)25-26(33(38-27(25)29(32)35)22-11-5-2-6-12-22)19-14-16-24(17-15-19)37-30(36)20-8-3-1-4-9-20/h1-18,25-27H/t25-,26-,27+/m1/s1. The number of hydroxylamine groups is 1. The summed E-state index contributed by atoms with van der Waals surface area (Å²) in [7, 11) is 0. The molecule has 2 saturated heterocycles. The zero-order valence-corrected chi connectivity index (χ0v) is 20.7. The highest BCUT2D eigenvalue weighted by Crippen LogP contribution is 2.47. The summed E-state index contributed by atoms with van der Waals surface area (Å²) in [6.45, 7) is 0. The van der Waals surface area contributed by atoms with Gasteiger partial charge in [-0.25, -0.2) is 14.8 Å². The molecule has 7 nitrogen and oxygen atoms in total. The molecule has 6 rings (SSSR count). The number of benzene rings is 4.